The molecule has 0 aliphatic carbocycles. The summed E-state index contributed by atoms with van der Waals surface area (Å²) < 4.78 is 4.97. The van der Waals surface area contributed by atoms with Crippen LogP contribution in [0.1, 0.15) is 39.0 Å². The lowest BCUT2D eigenvalue weighted by atomic mass is 9.90. The zero-order valence-corrected chi connectivity index (χ0v) is 16.5. The van der Waals surface area contributed by atoms with E-state index in [0.717, 1.165) is 50.1 Å². The number of esters is 1. The first-order valence-corrected chi connectivity index (χ1v) is 9.86. The molecule has 1 unspecified atom stereocenters. The van der Waals surface area contributed by atoms with E-state index in [1.54, 1.807) is 6.34 Å². The van der Waals surface area contributed by atoms with E-state index in [1.165, 1.54) is 6.92 Å². The van der Waals surface area contributed by atoms with E-state index in [4.69, 9.17) is 4.74 Å². The third-order valence-corrected chi connectivity index (χ3v) is 5.54. The maximum Gasteiger partial charge on any atom is 0.303 e. The minimum absolute atomic E-state index is 0.115. The minimum Gasteiger partial charge on any atom is -0.456 e. The molecule has 152 valence electrons. The third-order valence-electron chi connectivity index (χ3n) is 5.54. The lowest BCUT2D eigenvalue weighted by Crippen LogP contribution is -2.55. The molecule has 8 nitrogen and oxygen atoms in total. The van der Waals surface area contributed by atoms with Crippen molar-refractivity contribution >= 4 is 24.1 Å². The normalized spacial score (nSPS) is 26.6. The zero-order chi connectivity index (χ0) is 20.0. The van der Waals surface area contributed by atoms with Crippen LogP contribution in [-0.2, 0) is 14.3 Å². The summed E-state index contributed by atoms with van der Waals surface area (Å²) in [5.41, 5.74) is 0.558. The van der Waals surface area contributed by atoms with Crippen molar-refractivity contribution in [2.75, 3.05) is 32.9 Å². The second-order valence-electron chi connectivity index (χ2n) is 7.50. The van der Waals surface area contributed by atoms with Crippen molar-refractivity contribution in [1.82, 2.24) is 15.1 Å². The van der Waals surface area contributed by atoms with Crippen LogP contribution in [0.15, 0.2) is 34.4 Å². The molecule has 0 saturated carbocycles. The molecule has 3 aliphatic rings. The molecule has 2 saturated heterocycles. The van der Waals surface area contributed by atoms with E-state index in [-0.39, 0.29) is 18.1 Å². The number of nitrogens with zero attached hydrogens (tertiary/aromatic N) is 4. The number of ether oxygens (including phenoxy) is 1. The van der Waals surface area contributed by atoms with Crippen LogP contribution < -0.4 is 5.32 Å². The Bertz CT molecular complexity index is 715. The highest BCUT2D eigenvalue weighted by Gasteiger charge is 2.45. The topological polar surface area (TPSA) is 86.6 Å². The number of amidine groups is 1. The van der Waals surface area contributed by atoms with Crippen LogP contribution in [0.25, 0.3) is 0 Å². The fourth-order valence-electron chi connectivity index (χ4n) is 4.29. The van der Waals surface area contributed by atoms with E-state index >= 15 is 0 Å². The highest BCUT2D eigenvalue weighted by molar-refractivity contribution is 6.03. The number of hydrogen-bond acceptors (Lipinski definition) is 7. The van der Waals surface area contributed by atoms with Gasteiger partial charge in [-0.3, -0.25) is 14.6 Å². The number of carbonyl (C=O) groups is 2. The molecule has 8 heteroatoms. The third kappa shape index (κ3) is 4.61. The lowest BCUT2D eigenvalue weighted by molar-refractivity contribution is -0.152. The van der Waals surface area contributed by atoms with Crippen molar-refractivity contribution in [1.29, 1.82) is 0 Å². The number of amides is 1. The van der Waals surface area contributed by atoms with Gasteiger partial charge in [0.25, 0.3) is 5.91 Å². The molecule has 1 atom stereocenters. The van der Waals surface area contributed by atoms with Crippen LogP contribution in [0.5, 0.6) is 0 Å². The molecular weight excluding hydrogens is 358 g/mol. The number of rotatable bonds is 2. The summed E-state index contributed by atoms with van der Waals surface area (Å²) in [7, 11) is 0. The van der Waals surface area contributed by atoms with Crippen LogP contribution >= 0.6 is 0 Å². The van der Waals surface area contributed by atoms with E-state index < -0.39 is 5.97 Å². The minimum atomic E-state index is -0.431. The average molecular weight is 387 g/mol. The molecule has 0 aromatic rings. The molecule has 1 N–H and O–H groups in total. The van der Waals surface area contributed by atoms with E-state index in [2.05, 4.69) is 26.8 Å². The second-order valence-corrected chi connectivity index (χ2v) is 7.50. The van der Waals surface area contributed by atoms with Gasteiger partial charge >= 0.3 is 5.97 Å². The molecule has 1 spiro atoms. The number of nitrogens with one attached hydrogen (secondary N) is 1. The predicted octanol–water partition coefficient (Wildman–Crippen LogP) is 1.45. The molecule has 3 rings (SSSR count). The number of likely N-dealkylation sites (tertiary alicyclic amines) is 2. The molecule has 0 bridgehead atoms. The second kappa shape index (κ2) is 9.03. The zero-order valence-electron chi connectivity index (χ0n) is 16.5. The standard InChI is InChI=1S/C20H29N5O3/c1-16-6-9-21-14-22-15-23-19(16)24-10-4-3-7-20(13-24)8-5-11-25(20)18(27)12-28-17(2)26/h6,9,15,21H,1,3-5,7-8,10-14H2,2H3/b9-6-,22-15?,23-19?. The molecule has 3 heterocycles. The van der Waals surface area contributed by atoms with Crippen molar-refractivity contribution < 1.29 is 14.3 Å². The Balaban J connectivity index is 1.82. The van der Waals surface area contributed by atoms with Gasteiger partial charge in [-0.15, -0.1) is 0 Å². The summed E-state index contributed by atoms with van der Waals surface area (Å²) in [5, 5.41) is 3.06. The summed E-state index contributed by atoms with van der Waals surface area (Å²) in [4.78, 5) is 36.8. The molecule has 0 aromatic heterocycles. The maximum atomic E-state index is 12.8. The molecule has 28 heavy (non-hydrogen) atoms. The Hall–Kier alpha value is -2.64. The van der Waals surface area contributed by atoms with Crippen LogP contribution in [0.3, 0.4) is 0 Å². The summed E-state index contributed by atoms with van der Waals surface area (Å²) in [6, 6.07) is 0. The Morgan fingerprint density at radius 2 is 2.11 bits per heavy atom. The van der Waals surface area contributed by atoms with Crippen LogP contribution in [0.4, 0.5) is 0 Å². The van der Waals surface area contributed by atoms with Crippen molar-refractivity contribution in [3.8, 4) is 0 Å². The van der Waals surface area contributed by atoms with Gasteiger partial charge in [0.05, 0.1) is 5.54 Å². The van der Waals surface area contributed by atoms with Gasteiger partial charge in [-0.2, -0.15) is 0 Å². The van der Waals surface area contributed by atoms with Crippen LogP contribution in [0, 0.1) is 0 Å². The van der Waals surface area contributed by atoms with Crippen molar-refractivity contribution in [3.63, 3.8) is 0 Å². The Labute approximate surface area is 166 Å². The van der Waals surface area contributed by atoms with Gasteiger partial charge in [0.2, 0.25) is 0 Å². The fraction of sp³-hybridized carbons (Fsp3) is 0.600. The first-order valence-electron chi connectivity index (χ1n) is 9.86. The summed E-state index contributed by atoms with van der Waals surface area (Å²) in [5.74, 6) is 0.250. The first-order chi connectivity index (χ1) is 13.5. The molecule has 2 fully saturated rings. The number of hydrogen-bond donors (Lipinski definition) is 1. The van der Waals surface area contributed by atoms with Crippen molar-refractivity contribution in [3.05, 3.63) is 24.4 Å². The van der Waals surface area contributed by atoms with E-state index in [1.807, 2.05) is 17.2 Å². The SMILES string of the molecule is C=C1/C=C\NCN=CN=C1N1CCCCC2(CCCN2C(=O)COC(C)=O)C1. The molecule has 0 aromatic carbocycles. The monoisotopic (exact) mass is 387 g/mol. The number of carbonyl (C=O) groups excluding carboxylic acids is 2. The van der Waals surface area contributed by atoms with Crippen LogP contribution in [-0.4, -0.2) is 72.3 Å². The first kappa shape index (κ1) is 20.1. The quantitative estimate of drug-likeness (QED) is 0.725. The van der Waals surface area contributed by atoms with Gasteiger partial charge in [-0.1, -0.05) is 6.58 Å². The van der Waals surface area contributed by atoms with Gasteiger partial charge in [0.15, 0.2) is 6.61 Å². The Morgan fingerprint density at radius 3 is 2.93 bits per heavy atom. The van der Waals surface area contributed by atoms with Gasteiger partial charge < -0.3 is 19.9 Å². The van der Waals surface area contributed by atoms with Gasteiger partial charge in [0.1, 0.15) is 18.8 Å². The Morgan fingerprint density at radius 1 is 1.29 bits per heavy atom. The highest BCUT2D eigenvalue weighted by Crippen LogP contribution is 2.37. The highest BCUT2D eigenvalue weighted by atomic mass is 16.5. The van der Waals surface area contributed by atoms with Gasteiger partial charge in [-0.05, 0) is 44.4 Å². The van der Waals surface area contributed by atoms with E-state index in [9.17, 15) is 9.59 Å². The van der Waals surface area contributed by atoms with Crippen molar-refractivity contribution in [2.24, 2.45) is 9.98 Å². The molecular formula is C20H29N5O3. The lowest BCUT2D eigenvalue weighted by Gasteiger charge is -2.41. The molecule has 3 aliphatic heterocycles. The number of aliphatic imine (C=N–C) groups is 2. The average Bonchev–Trinajstić information content (AvgIpc) is 3.00. The smallest absolute Gasteiger partial charge is 0.303 e. The summed E-state index contributed by atoms with van der Waals surface area (Å²) in [6.45, 7) is 8.04. The Kier molecular flexibility index (Phi) is 6.49. The van der Waals surface area contributed by atoms with Crippen LogP contribution in [0.2, 0.25) is 0 Å². The fourth-order valence-corrected chi connectivity index (χ4v) is 4.29. The largest absolute Gasteiger partial charge is 0.456 e. The maximum absolute atomic E-state index is 12.8. The van der Waals surface area contributed by atoms with Gasteiger partial charge in [-0.25, -0.2) is 4.99 Å². The van der Waals surface area contributed by atoms with Crippen molar-refractivity contribution in [2.45, 2.75) is 44.6 Å². The predicted molar refractivity (Wildman–Crippen MR) is 108 cm³/mol. The summed E-state index contributed by atoms with van der Waals surface area (Å²) in [6.07, 6.45) is 10.2. The molecule has 1 amide bonds. The van der Waals surface area contributed by atoms with Gasteiger partial charge in [0, 0.05) is 32.1 Å². The molecule has 0 radical (unpaired) electrons. The summed E-state index contributed by atoms with van der Waals surface area (Å²) >= 11 is 0. The van der Waals surface area contributed by atoms with E-state index in [0.29, 0.717) is 19.8 Å².